The van der Waals surface area contributed by atoms with Gasteiger partial charge in [0.2, 0.25) is 0 Å². The number of amides is 1. The van der Waals surface area contributed by atoms with Gasteiger partial charge in [0.1, 0.15) is 0 Å². The highest BCUT2D eigenvalue weighted by Gasteiger charge is 2.21. The van der Waals surface area contributed by atoms with E-state index in [1.165, 1.54) is 37.9 Å². The van der Waals surface area contributed by atoms with Crippen LogP contribution in [-0.2, 0) is 9.53 Å². The van der Waals surface area contributed by atoms with Gasteiger partial charge in [0.25, 0.3) is 11.6 Å². The minimum Gasteiger partial charge on any atom is -0.449 e. The summed E-state index contributed by atoms with van der Waals surface area (Å²) >= 11 is 1.21. The van der Waals surface area contributed by atoms with Gasteiger partial charge in [-0.05, 0) is 25.3 Å². The van der Waals surface area contributed by atoms with Crippen molar-refractivity contribution >= 4 is 29.3 Å². The lowest BCUT2D eigenvalue weighted by molar-refractivity contribution is -0.387. The fourth-order valence-corrected chi connectivity index (χ4v) is 1.99. The number of nitrogens with zero attached hydrogens (tertiary/aromatic N) is 1. The number of ether oxygens (including phenoxy) is 1. The summed E-state index contributed by atoms with van der Waals surface area (Å²) in [5.41, 5.74) is -0.134. The first-order valence-corrected chi connectivity index (χ1v) is 6.88. The summed E-state index contributed by atoms with van der Waals surface area (Å²) in [6, 6.07) is 4.05. The Bertz CT molecular complexity index is 547. The lowest BCUT2D eigenvalue weighted by Gasteiger charge is -2.11. The molecule has 0 aliphatic rings. The van der Waals surface area contributed by atoms with Crippen LogP contribution >= 0.6 is 11.8 Å². The van der Waals surface area contributed by atoms with Crippen LogP contribution in [0.5, 0.6) is 0 Å². The summed E-state index contributed by atoms with van der Waals surface area (Å²) in [5, 5.41) is 13.2. The number of likely N-dealkylation sites (N-methyl/N-ethyl adjacent to an activating group) is 1. The van der Waals surface area contributed by atoms with E-state index in [9.17, 15) is 19.7 Å². The van der Waals surface area contributed by atoms with E-state index in [1.54, 1.807) is 6.26 Å². The van der Waals surface area contributed by atoms with Gasteiger partial charge in [-0.25, -0.2) is 4.79 Å². The standard InChI is InChI=1S/C12H14N2O5S/c1-7(11(15)13-2)19-12(16)8-4-5-10(20-3)9(6-8)14(17)18/h4-7H,1-3H3,(H,13,15)/t7-/m0/s1. The smallest absolute Gasteiger partial charge is 0.339 e. The molecule has 0 unspecified atom stereocenters. The summed E-state index contributed by atoms with van der Waals surface area (Å²) < 4.78 is 4.92. The van der Waals surface area contributed by atoms with Gasteiger partial charge in [0.15, 0.2) is 6.10 Å². The molecule has 0 aromatic heterocycles. The highest BCUT2D eigenvalue weighted by atomic mass is 32.2. The summed E-state index contributed by atoms with van der Waals surface area (Å²) in [7, 11) is 1.42. The minimum atomic E-state index is -0.966. The molecule has 0 spiro atoms. The lowest BCUT2D eigenvalue weighted by atomic mass is 10.2. The number of nitrogens with one attached hydrogen (secondary N) is 1. The van der Waals surface area contributed by atoms with Gasteiger partial charge < -0.3 is 10.1 Å². The van der Waals surface area contributed by atoms with Crippen LogP contribution in [0.25, 0.3) is 0 Å². The maximum Gasteiger partial charge on any atom is 0.339 e. The Balaban J connectivity index is 2.97. The van der Waals surface area contributed by atoms with Crippen LogP contribution < -0.4 is 5.32 Å². The Hall–Kier alpha value is -2.09. The largest absolute Gasteiger partial charge is 0.449 e. The zero-order valence-electron chi connectivity index (χ0n) is 11.2. The third-order valence-corrected chi connectivity index (χ3v) is 3.30. The molecule has 0 fully saturated rings. The molecule has 1 rings (SSSR count). The second kappa shape index (κ2) is 6.90. The number of thioether (sulfide) groups is 1. The molecule has 0 heterocycles. The number of nitro benzene ring substituents is 1. The first-order chi connectivity index (χ1) is 9.40. The van der Waals surface area contributed by atoms with Crippen LogP contribution in [0, 0.1) is 10.1 Å². The molecule has 8 heteroatoms. The van der Waals surface area contributed by atoms with Gasteiger partial charge in [-0.3, -0.25) is 14.9 Å². The van der Waals surface area contributed by atoms with E-state index in [4.69, 9.17) is 4.74 Å². The van der Waals surface area contributed by atoms with E-state index in [0.717, 1.165) is 6.07 Å². The topological polar surface area (TPSA) is 98.5 Å². The number of nitro groups is 1. The average Bonchev–Trinajstić information content (AvgIpc) is 2.45. The molecule has 1 amide bonds. The Kier molecular flexibility index (Phi) is 5.51. The first kappa shape index (κ1) is 16.0. The van der Waals surface area contributed by atoms with Gasteiger partial charge in [-0.2, -0.15) is 0 Å². The second-order valence-corrected chi connectivity index (χ2v) is 4.65. The lowest BCUT2D eigenvalue weighted by Crippen LogP contribution is -2.33. The van der Waals surface area contributed by atoms with Crippen LogP contribution in [0.1, 0.15) is 17.3 Å². The molecule has 0 aliphatic heterocycles. The molecule has 0 saturated carbocycles. The van der Waals surface area contributed by atoms with Crippen molar-refractivity contribution in [3.05, 3.63) is 33.9 Å². The van der Waals surface area contributed by atoms with Crippen molar-refractivity contribution in [1.29, 1.82) is 0 Å². The van der Waals surface area contributed by atoms with Gasteiger partial charge >= 0.3 is 5.97 Å². The Morgan fingerprint density at radius 2 is 2.10 bits per heavy atom. The number of hydrogen-bond acceptors (Lipinski definition) is 6. The molecule has 7 nitrogen and oxygen atoms in total. The van der Waals surface area contributed by atoms with Crippen LogP contribution in [0.3, 0.4) is 0 Å². The Labute approximate surface area is 119 Å². The predicted molar refractivity (Wildman–Crippen MR) is 73.8 cm³/mol. The van der Waals surface area contributed by atoms with Crippen molar-refractivity contribution < 1.29 is 19.2 Å². The van der Waals surface area contributed by atoms with E-state index in [-0.39, 0.29) is 11.3 Å². The van der Waals surface area contributed by atoms with Gasteiger partial charge in [0.05, 0.1) is 15.4 Å². The van der Waals surface area contributed by atoms with Crippen LogP contribution in [-0.4, -0.2) is 36.2 Å². The number of esters is 1. The molecule has 1 aromatic carbocycles. The third-order valence-electron chi connectivity index (χ3n) is 2.51. The molecule has 20 heavy (non-hydrogen) atoms. The molecule has 0 radical (unpaired) electrons. The van der Waals surface area contributed by atoms with Gasteiger partial charge in [0, 0.05) is 13.1 Å². The number of carbonyl (C=O) groups is 2. The minimum absolute atomic E-state index is 0.0326. The Morgan fingerprint density at radius 3 is 2.60 bits per heavy atom. The van der Waals surface area contributed by atoms with Crippen molar-refractivity contribution in [2.75, 3.05) is 13.3 Å². The molecule has 0 bridgehead atoms. The molecule has 108 valence electrons. The van der Waals surface area contributed by atoms with Crippen LogP contribution in [0.4, 0.5) is 5.69 Å². The number of benzene rings is 1. The zero-order chi connectivity index (χ0) is 15.3. The normalized spacial score (nSPS) is 11.6. The first-order valence-electron chi connectivity index (χ1n) is 5.65. The Morgan fingerprint density at radius 1 is 1.45 bits per heavy atom. The number of rotatable bonds is 5. The highest BCUT2D eigenvalue weighted by molar-refractivity contribution is 7.98. The van der Waals surface area contributed by atoms with E-state index >= 15 is 0 Å². The second-order valence-electron chi connectivity index (χ2n) is 3.81. The maximum atomic E-state index is 11.8. The fraction of sp³-hybridized carbons (Fsp3) is 0.333. The van der Waals surface area contributed by atoms with Crippen molar-refractivity contribution in [3.63, 3.8) is 0 Å². The molecule has 0 aliphatic carbocycles. The molecule has 1 aromatic rings. The monoisotopic (exact) mass is 298 g/mol. The van der Waals surface area contributed by atoms with Crippen LogP contribution in [0.15, 0.2) is 23.1 Å². The number of hydrogen-bond donors (Lipinski definition) is 1. The van der Waals surface area contributed by atoms with Crippen molar-refractivity contribution in [2.45, 2.75) is 17.9 Å². The van der Waals surface area contributed by atoms with Crippen molar-refractivity contribution in [2.24, 2.45) is 0 Å². The summed E-state index contributed by atoms with van der Waals surface area (Å²) in [4.78, 5) is 33.9. The molecular weight excluding hydrogens is 284 g/mol. The van der Waals surface area contributed by atoms with Crippen LogP contribution in [0.2, 0.25) is 0 Å². The summed E-state index contributed by atoms with van der Waals surface area (Å²) in [5.74, 6) is -1.23. The number of carbonyl (C=O) groups excluding carboxylic acids is 2. The summed E-state index contributed by atoms with van der Waals surface area (Å²) in [6.45, 7) is 1.42. The van der Waals surface area contributed by atoms with E-state index in [0.29, 0.717) is 4.90 Å². The predicted octanol–water partition coefficient (Wildman–Crippen LogP) is 1.61. The quantitative estimate of drug-likeness (QED) is 0.384. The maximum absolute atomic E-state index is 11.8. The molecular formula is C12H14N2O5S. The molecule has 0 saturated heterocycles. The van der Waals surface area contributed by atoms with Crippen molar-refractivity contribution in [3.8, 4) is 0 Å². The van der Waals surface area contributed by atoms with E-state index in [1.807, 2.05) is 0 Å². The highest BCUT2D eigenvalue weighted by Crippen LogP contribution is 2.28. The van der Waals surface area contributed by atoms with E-state index < -0.39 is 22.9 Å². The van der Waals surface area contributed by atoms with Crippen molar-refractivity contribution in [1.82, 2.24) is 5.32 Å². The zero-order valence-corrected chi connectivity index (χ0v) is 12.0. The fourth-order valence-electron chi connectivity index (χ4n) is 1.45. The third kappa shape index (κ3) is 3.70. The molecule has 1 N–H and O–H groups in total. The van der Waals surface area contributed by atoms with E-state index in [2.05, 4.69) is 5.32 Å². The molecule has 1 atom stereocenters. The summed E-state index contributed by atoms with van der Waals surface area (Å²) in [6.07, 6.45) is 0.736. The van der Waals surface area contributed by atoms with Gasteiger partial charge in [-0.1, -0.05) is 0 Å². The van der Waals surface area contributed by atoms with Gasteiger partial charge in [-0.15, -0.1) is 11.8 Å². The SMILES string of the molecule is CNC(=O)[C@H](C)OC(=O)c1ccc(SC)c([N+](=O)[O-])c1. The average molecular weight is 298 g/mol.